The molecule has 0 aromatic carbocycles. The highest BCUT2D eigenvalue weighted by Crippen LogP contribution is 2.38. The van der Waals surface area contributed by atoms with Crippen LogP contribution in [0, 0.1) is 0 Å². The van der Waals surface area contributed by atoms with Crippen LogP contribution in [0.1, 0.15) is 297 Å². The molecule has 0 aliphatic carbocycles. The molecule has 0 saturated heterocycles. The van der Waals surface area contributed by atoms with E-state index < -0.39 is 20.0 Å². The Kier molecular flexibility index (Phi) is 51.4. The lowest BCUT2D eigenvalue weighted by Gasteiger charge is -2.30. The number of quaternary nitrogens is 1. The van der Waals surface area contributed by atoms with Crippen molar-refractivity contribution in [1.82, 2.24) is 5.32 Å². The summed E-state index contributed by atoms with van der Waals surface area (Å²) in [5, 5.41) is 3.03. The second kappa shape index (κ2) is 52.7. The molecular formula is C62H119N2O7P. The van der Waals surface area contributed by atoms with Gasteiger partial charge in [0, 0.05) is 12.8 Å². The van der Waals surface area contributed by atoms with E-state index in [2.05, 4.69) is 50.4 Å². The summed E-state index contributed by atoms with van der Waals surface area (Å²) >= 11 is 0. The van der Waals surface area contributed by atoms with E-state index in [4.69, 9.17) is 13.8 Å². The number of nitrogens with zero attached hydrogens (tertiary/aromatic N) is 1. The smallest absolute Gasteiger partial charge is 0.306 e. The van der Waals surface area contributed by atoms with Crippen LogP contribution in [0.3, 0.4) is 0 Å². The Hall–Kier alpha value is -1.77. The minimum absolute atomic E-state index is 0.0199. The molecule has 3 unspecified atom stereocenters. The zero-order chi connectivity index (χ0) is 52.9. The average Bonchev–Trinajstić information content (AvgIpc) is 3.34. The highest BCUT2D eigenvalue weighted by Gasteiger charge is 2.27. The number of phosphoric acid groups is 1. The first-order chi connectivity index (χ1) is 34.9. The first kappa shape index (κ1) is 70.2. The summed E-state index contributed by atoms with van der Waals surface area (Å²) in [4.78, 5) is 39.9. The lowest BCUT2D eigenvalue weighted by molar-refractivity contribution is -0.870. The predicted molar refractivity (Wildman–Crippen MR) is 307 cm³/mol. The fourth-order valence-corrected chi connectivity index (χ4v) is 9.75. The van der Waals surface area contributed by atoms with Crippen molar-refractivity contribution in [1.29, 1.82) is 0 Å². The van der Waals surface area contributed by atoms with Crippen molar-refractivity contribution in [3.05, 3.63) is 36.5 Å². The van der Waals surface area contributed by atoms with Gasteiger partial charge in [0.25, 0.3) is 7.82 Å². The zero-order valence-electron chi connectivity index (χ0n) is 48.4. The van der Waals surface area contributed by atoms with Gasteiger partial charge in [0.05, 0.1) is 33.8 Å². The van der Waals surface area contributed by atoms with Gasteiger partial charge in [0.15, 0.2) is 0 Å². The second-order valence-corrected chi connectivity index (χ2v) is 23.6. The van der Waals surface area contributed by atoms with Crippen molar-refractivity contribution >= 4 is 19.7 Å². The van der Waals surface area contributed by atoms with E-state index in [9.17, 15) is 19.0 Å². The highest BCUT2D eigenvalue weighted by atomic mass is 31.2. The lowest BCUT2D eigenvalue weighted by Crippen LogP contribution is -2.47. The van der Waals surface area contributed by atoms with Crippen LogP contribution in [0.25, 0.3) is 0 Å². The van der Waals surface area contributed by atoms with Crippen molar-refractivity contribution in [2.45, 2.75) is 309 Å². The number of carbonyl (C=O) groups excluding carboxylic acids is 2. The number of hydrogen-bond donors (Lipinski definition) is 1. The van der Waals surface area contributed by atoms with Crippen LogP contribution in [0.4, 0.5) is 0 Å². The maximum absolute atomic E-state index is 13.5. The summed E-state index contributed by atoms with van der Waals surface area (Å²) in [7, 11) is 1.20. The number of carbonyl (C=O) groups is 2. The van der Waals surface area contributed by atoms with Crippen molar-refractivity contribution in [2.24, 2.45) is 0 Å². The average molecular weight is 1040 g/mol. The molecule has 0 heterocycles. The molecule has 0 radical (unpaired) electrons. The van der Waals surface area contributed by atoms with E-state index in [-0.39, 0.29) is 31.5 Å². The molecule has 424 valence electrons. The first-order valence-electron chi connectivity index (χ1n) is 30.8. The molecule has 10 heteroatoms. The molecule has 0 rings (SSSR count). The second-order valence-electron chi connectivity index (χ2n) is 22.2. The standard InChI is InChI=1S/C62H119N2O7P/c1-7-10-13-16-19-22-25-27-28-29-30-31-32-33-34-35-36-37-40-42-45-48-51-54-61(65)63-59(58-70-72(67,68)69-57-56-64(4,5)6)60(53-50-47-44-41-39-26-23-20-17-14-11-8-2)71-62(66)55-52-49-46-43-38-24-21-18-15-12-9-3/h19,22,27-28,50,53,59-60H,7-18,20-21,23-26,29-49,51-52,54-58H2,1-6H3,(H-,63,65,67,68)/b22-19-,28-27-,53-50-. The van der Waals surface area contributed by atoms with Gasteiger partial charge in [-0.1, -0.05) is 257 Å². The Labute approximate surface area is 446 Å². The fraction of sp³-hybridized carbons (Fsp3) is 0.871. The number of allylic oxidation sites excluding steroid dienone is 5. The maximum Gasteiger partial charge on any atom is 0.306 e. The van der Waals surface area contributed by atoms with E-state index in [0.717, 1.165) is 64.2 Å². The maximum atomic E-state index is 13.5. The third-order valence-electron chi connectivity index (χ3n) is 13.8. The SMILES string of the molecule is CCCCC/C=C\C/C=C\CCCCCCCCCCCCCCCC(=O)NC(COP(=O)([O-])OCC[N+](C)(C)C)C(/C=C\CCCCCCCCCCCC)OC(=O)CCCCCCCCCCCCC. The van der Waals surface area contributed by atoms with Gasteiger partial charge in [-0.3, -0.25) is 14.2 Å². The Morgan fingerprint density at radius 2 is 0.847 bits per heavy atom. The van der Waals surface area contributed by atoms with Crippen molar-refractivity contribution < 1.29 is 37.3 Å². The van der Waals surface area contributed by atoms with Crippen molar-refractivity contribution in [2.75, 3.05) is 40.9 Å². The van der Waals surface area contributed by atoms with Crippen LogP contribution in [0.2, 0.25) is 0 Å². The lowest BCUT2D eigenvalue weighted by atomic mass is 10.0. The van der Waals surface area contributed by atoms with E-state index >= 15 is 0 Å². The van der Waals surface area contributed by atoms with Gasteiger partial charge in [-0.25, -0.2) is 0 Å². The summed E-state index contributed by atoms with van der Waals surface area (Å²) in [6.45, 7) is 6.83. The van der Waals surface area contributed by atoms with Gasteiger partial charge in [-0.2, -0.15) is 0 Å². The van der Waals surface area contributed by atoms with Gasteiger partial charge in [-0.05, 0) is 63.9 Å². The minimum Gasteiger partial charge on any atom is -0.756 e. The number of ether oxygens (including phenoxy) is 1. The van der Waals surface area contributed by atoms with Crippen LogP contribution in [0.5, 0.6) is 0 Å². The molecule has 0 aromatic heterocycles. The molecular weight excluding hydrogens is 916 g/mol. The Morgan fingerprint density at radius 3 is 1.28 bits per heavy atom. The summed E-state index contributed by atoms with van der Waals surface area (Å²) in [6.07, 6.45) is 62.5. The number of amides is 1. The fourth-order valence-electron chi connectivity index (χ4n) is 9.02. The van der Waals surface area contributed by atoms with E-state index in [1.165, 1.54) is 199 Å². The van der Waals surface area contributed by atoms with E-state index in [1.54, 1.807) is 0 Å². The van der Waals surface area contributed by atoms with E-state index in [0.29, 0.717) is 17.4 Å². The monoisotopic (exact) mass is 1030 g/mol. The van der Waals surface area contributed by atoms with Gasteiger partial charge >= 0.3 is 5.97 Å². The van der Waals surface area contributed by atoms with Gasteiger partial charge < -0.3 is 28.5 Å². The Bertz CT molecular complexity index is 1330. The van der Waals surface area contributed by atoms with Crippen molar-refractivity contribution in [3.63, 3.8) is 0 Å². The molecule has 0 aliphatic rings. The molecule has 3 atom stereocenters. The van der Waals surface area contributed by atoms with Crippen molar-refractivity contribution in [3.8, 4) is 0 Å². The third kappa shape index (κ3) is 53.1. The molecule has 0 aliphatic heterocycles. The molecule has 0 fully saturated rings. The topological polar surface area (TPSA) is 114 Å². The van der Waals surface area contributed by atoms with Crippen LogP contribution in [0.15, 0.2) is 36.5 Å². The van der Waals surface area contributed by atoms with Gasteiger partial charge in [0.1, 0.15) is 19.3 Å². The summed E-state index contributed by atoms with van der Waals surface area (Å²) < 4.78 is 30.3. The zero-order valence-corrected chi connectivity index (χ0v) is 49.3. The Morgan fingerprint density at radius 1 is 0.486 bits per heavy atom. The summed E-state index contributed by atoms with van der Waals surface area (Å²) in [5.74, 6) is -0.531. The predicted octanol–water partition coefficient (Wildman–Crippen LogP) is 18.1. The molecule has 72 heavy (non-hydrogen) atoms. The van der Waals surface area contributed by atoms with Crippen LogP contribution >= 0.6 is 7.82 Å². The largest absolute Gasteiger partial charge is 0.756 e. The third-order valence-corrected chi connectivity index (χ3v) is 14.8. The minimum atomic E-state index is -4.69. The first-order valence-corrected chi connectivity index (χ1v) is 32.3. The van der Waals surface area contributed by atoms with Gasteiger partial charge in [-0.15, -0.1) is 0 Å². The number of esters is 1. The molecule has 0 aromatic rings. The molecule has 1 N–H and O–H groups in total. The molecule has 0 saturated carbocycles. The van der Waals surface area contributed by atoms with Gasteiger partial charge in [0.2, 0.25) is 5.91 Å². The number of hydrogen-bond acceptors (Lipinski definition) is 7. The number of phosphoric ester groups is 1. The van der Waals surface area contributed by atoms with E-state index in [1.807, 2.05) is 33.3 Å². The number of rotatable bonds is 56. The van der Waals surface area contributed by atoms with Crippen LogP contribution < -0.4 is 10.2 Å². The quantitative estimate of drug-likeness (QED) is 0.0212. The Balaban J connectivity index is 5.10. The van der Waals surface area contributed by atoms with Crippen LogP contribution in [-0.4, -0.2) is 69.4 Å². The molecule has 9 nitrogen and oxygen atoms in total. The van der Waals surface area contributed by atoms with Crippen LogP contribution in [-0.2, 0) is 27.9 Å². The number of nitrogens with one attached hydrogen (secondary N) is 1. The molecule has 0 bridgehead atoms. The molecule has 0 spiro atoms. The number of unbranched alkanes of at least 4 members (excludes halogenated alkanes) is 36. The number of likely N-dealkylation sites (N-methyl/N-ethyl adjacent to an activating group) is 1. The highest BCUT2D eigenvalue weighted by molar-refractivity contribution is 7.45. The normalized spacial score (nSPS) is 13.9. The molecule has 1 amide bonds. The summed E-state index contributed by atoms with van der Waals surface area (Å²) in [5.41, 5.74) is 0. The summed E-state index contributed by atoms with van der Waals surface area (Å²) in [6, 6.07) is -0.883.